The number of hydrogen-bond donors (Lipinski definition) is 2. The molecule has 0 saturated carbocycles. The molecule has 0 spiro atoms. The third-order valence-corrected chi connectivity index (χ3v) is 5.57. The summed E-state index contributed by atoms with van der Waals surface area (Å²) >= 11 is 0. The highest BCUT2D eigenvalue weighted by Crippen LogP contribution is 2.21. The van der Waals surface area contributed by atoms with E-state index in [1.54, 1.807) is 12.4 Å². The molecule has 6 heteroatoms. The molecule has 0 bridgehead atoms. The Balaban J connectivity index is 1.57. The monoisotopic (exact) mass is 431 g/mol. The largest absolute Gasteiger partial charge is 0.362 e. The van der Waals surface area contributed by atoms with Gasteiger partial charge in [0, 0.05) is 23.7 Å². The van der Waals surface area contributed by atoms with Crippen LogP contribution >= 0.6 is 0 Å². The van der Waals surface area contributed by atoms with Crippen molar-refractivity contribution in [1.82, 2.24) is 20.2 Å². The van der Waals surface area contributed by atoms with Gasteiger partial charge in [0.1, 0.15) is 5.82 Å². The molecule has 1 unspecified atom stereocenters. The smallest absolute Gasteiger partial charge is 0.251 e. The lowest BCUT2D eigenvalue weighted by Gasteiger charge is -2.17. The first kappa shape index (κ1) is 23.4. The Hall–Kier alpha value is -3.25. The average molecular weight is 432 g/mol. The zero-order valence-corrected chi connectivity index (χ0v) is 19.2. The molecule has 168 valence electrons. The van der Waals surface area contributed by atoms with Crippen LogP contribution in [0.15, 0.2) is 67.0 Å². The molecule has 1 amide bonds. The third kappa shape index (κ3) is 6.62. The molecule has 0 radical (unpaired) electrons. The number of rotatable bonds is 11. The first-order chi connectivity index (χ1) is 15.6. The maximum atomic E-state index is 12.4. The van der Waals surface area contributed by atoms with E-state index in [-0.39, 0.29) is 11.9 Å². The minimum Gasteiger partial charge on any atom is -0.362 e. The van der Waals surface area contributed by atoms with Crippen molar-refractivity contribution >= 4 is 11.7 Å². The second kappa shape index (κ2) is 12.0. The fourth-order valence-electron chi connectivity index (χ4n) is 3.56. The summed E-state index contributed by atoms with van der Waals surface area (Å²) in [6.07, 6.45) is 4.41. The van der Waals surface area contributed by atoms with E-state index in [1.807, 2.05) is 42.5 Å². The third-order valence-electron chi connectivity index (χ3n) is 5.57. The van der Waals surface area contributed by atoms with Crippen molar-refractivity contribution in [2.24, 2.45) is 0 Å². The molecule has 3 rings (SSSR count). The van der Waals surface area contributed by atoms with E-state index < -0.39 is 0 Å². The molecule has 2 N–H and O–H groups in total. The van der Waals surface area contributed by atoms with E-state index in [4.69, 9.17) is 4.98 Å². The van der Waals surface area contributed by atoms with Crippen molar-refractivity contribution in [3.63, 3.8) is 0 Å². The Bertz CT molecular complexity index is 971. The fraction of sp³-hybridized carbons (Fsp3) is 0.346. The summed E-state index contributed by atoms with van der Waals surface area (Å²) in [4.78, 5) is 23.8. The van der Waals surface area contributed by atoms with Crippen LogP contribution < -0.4 is 10.6 Å². The Morgan fingerprint density at radius 2 is 1.72 bits per heavy atom. The highest BCUT2D eigenvalue weighted by molar-refractivity contribution is 5.94. The van der Waals surface area contributed by atoms with Gasteiger partial charge in [-0.2, -0.15) is 0 Å². The number of aromatic nitrogens is 2. The SMILES string of the molecule is CCN(CC)CCCNC(=O)c1ccc(-c2cncc(NC(C)c3ccccc3)n2)cc1. The molecule has 0 aliphatic rings. The topological polar surface area (TPSA) is 70.2 Å². The van der Waals surface area contributed by atoms with Crippen LogP contribution in [0.4, 0.5) is 5.82 Å². The predicted octanol–water partition coefficient (Wildman–Crippen LogP) is 4.78. The lowest BCUT2D eigenvalue weighted by atomic mass is 10.1. The van der Waals surface area contributed by atoms with Crippen LogP contribution in [-0.2, 0) is 0 Å². The first-order valence-electron chi connectivity index (χ1n) is 11.3. The highest BCUT2D eigenvalue weighted by atomic mass is 16.1. The van der Waals surface area contributed by atoms with Crippen LogP contribution in [-0.4, -0.2) is 47.0 Å². The van der Waals surface area contributed by atoms with E-state index in [0.717, 1.165) is 37.3 Å². The summed E-state index contributed by atoms with van der Waals surface area (Å²) < 4.78 is 0. The fourth-order valence-corrected chi connectivity index (χ4v) is 3.56. The van der Waals surface area contributed by atoms with Crippen LogP contribution in [0.2, 0.25) is 0 Å². The predicted molar refractivity (Wildman–Crippen MR) is 131 cm³/mol. The average Bonchev–Trinajstić information content (AvgIpc) is 2.85. The molecule has 32 heavy (non-hydrogen) atoms. The quantitative estimate of drug-likeness (QED) is 0.428. The standard InChI is InChI=1S/C26H33N5O/c1-4-31(5-2)17-9-16-28-26(32)23-14-12-22(13-15-23)24-18-27-19-25(30-24)29-20(3)21-10-7-6-8-11-21/h6-8,10-15,18-20H,4-5,9,16-17H2,1-3H3,(H,28,32)(H,29,30). The number of hydrogen-bond acceptors (Lipinski definition) is 5. The van der Waals surface area contributed by atoms with Crippen LogP contribution in [0.1, 0.15) is 49.2 Å². The maximum Gasteiger partial charge on any atom is 0.251 e. The van der Waals surface area contributed by atoms with E-state index in [0.29, 0.717) is 17.9 Å². The second-order valence-corrected chi connectivity index (χ2v) is 7.78. The number of carbonyl (C=O) groups excluding carboxylic acids is 1. The maximum absolute atomic E-state index is 12.4. The summed E-state index contributed by atoms with van der Waals surface area (Å²) in [5.41, 5.74) is 3.52. The number of carbonyl (C=O) groups is 1. The molecule has 0 aliphatic heterocycles. The van der Waals surface area contributed by atoms with Gasteiger partial charge >= 0.3 is 0 Å². The van der Waals surface area contributed by atoms with Crippen LogP contribution in [0.3, 0.4) is 0 Å². The molecule has 6 nitrogen and oxygen atoms in total. The van der Waals surface area contributed by atoms with Gasteiger partial charge in [0.15, 0.2) is 0 Å². The van der Waals surface area contributed by atoms with E-state index in [9.17, 15) is 4.79 Å². The summed E-state index contributed by atoms with van der Waals surface area (Å²) in [6.45, 7) is 10.2. The molecule has 0 aliphatic carbocycles. The molecule has 3 aromatic rings. The highest BCUT2D eigenvalue weighted by Gasteiger charge is 2.09. The van der Waals surface area contributed by atoms with Gasteiger partial charge in [-0.1, -0.05) is 56.3 Å². The number of amides is 1. The van der Waals surface area contributed by atoms with Crippen molar-refractivity contribution in [2.45, 2.75) is 33.2 Å². The molecule has 2 aromatic carbocycles. The van der Waals surface area contributed by atoms with Crippen LogP contribution in [0, 0.1) is 0 Å². The van der Waals surface area contributed by atoms with E-state index in [2.05, 4.69) is 53.4 Å². The van der Waals surface area contributed by atoms with Crippen molar-refractivity contribution in [3.8, 4) is 11.3 Å². The lowest BCUT2D eigenvalue weighted by Crippen LogP contribution is -2.29. The summed E-state index contributed by atoms with van der Waals surface area (Å²) in [6, 6.07) is 17.9. The minimum absolute atomic E-state index is 0.0470. The normalized spacial score (nSPS) is 11.9. The van der Waals surface area contributed by atoms with Crippen molar-refractivity contribution < 1.29 is 4.79 Å². The van der Waals surface area contributed by atoms with Crippen LogP contribution in [0.5, 0.6) is 0 Å². The van der Waals surface area contributed by atoms with E-state index in [1.165, 1.54) is 5.56 Å². The molecule has 0 fully saturated rings. The molecular weight excluding hydrogens is 398 g/mol. The Kier molecular flexibility index (Phi) is 8.75. The molecule has 1 atom stereocenters. The van der Waals surface area contributed by atoms with Gasteiger partial charge in [-0.3, -0.25) is 9.78 Å². The summed E-state index contributed by atoms with van der Waals surface area (Å²) in [5, 5.41) is 6.41. The van der Waals surface area contributed by atoms with Crippen molar-refractivity contribution in [1.29, 1.82) is 0 Å². The summed E-state index contributed by atoms with van der Waals surface area (Å²) in [7, 11) is 0. The second-order valence-electron chi connectivity index (χ2n) is 7.78. The van der Waals surface area contributed by atoms with Crippen LogP contribution in [0.25, 0.3) is 11.3 Å². The van der Waals surface area contributed by atoms with Gasteiger partial charge in [-0.05, 0) is 50.7 Å². The number of benzene rings is 2. The van der Waals surface area contributed by atoms with Gasteiger partial charge in [-0.25, -0.2) is 4.98 Å². The lowest BCUT2D eigenvalue weighted by molar-refractivity contribution is 0.0952. The molecule has 0 saturated heterocycles. The number of nitrogens with zero attached hydrogens (tertiary/aromatic N) is 3. The Morgan fingerprint density at radius 1 is 1.00 bits per heavy atom. The zero-order valence-electron chi connectivity index (χ0n) is 19.2. The van der Waals surface area contributed by atoms with Gasteiger partial charge in [0.05, 0.1) is 18.1 Å². The van der Waals surface area contributed by atoms with Crippen molar-refractivity contribution in [3.05, 3.63) is 78.1 Å². The van der Waals surface area contributed by atoms with Gasteiger partial charge in [0.25, 0.3) is 5.91 Å². The Morgan fingerprint density at radius 3 is 2.41 bits per heavy atom. The number of nitrogens with one attached hydrogen (secondary N) is 2. The van der Waals surface area contributed by atoms with Gasteiger partial charge in [0.2, 0.25) is 0 Å². The van der Waals surface area contributed by atoms with Crippen molar-refractivity contribution in [2.75, 3.05) is 31.5 Å². The van der Waals surface area contributed by atoms with Gasteiger partial charge in [-0.15, -0.1) is 0 Å². The van der Waals surface area contributed by atoms with Gasteiger partial charge < -0.3 is 15.5 Å². The number of anilines is 1. The minimum atomic E-state index is -0.0470. The summed E-state index contributed by atoms with van der Waals surface area (Å²) in [5.74, 6) is 0.670. The Labute approximate surface area is 191 Å². The van der Waals surface area contributed by atoms with E-state index >= 15 is 0 Å². The molecule has 1 aromatic heterocycles. The molecular formula is C26H33N5O. The molecule has 1 heterocycles. The zero-order chi connectivity index (χ0) is 22.8. The first-order valence-corrected chi connectivity index (χ1v) is 11.3.